The normalized spacial score (nSPS) is 24.8. The van der Waals surface area contributed by atoms with Gasteiger partial charge >= 0.3 is 0 Å². The fraction of sp³-hybridized carbons (Fsp3) is 0.500. The molecule has 0 amide bonds. The fourth-order valence-corrected chi connectivity index (χ4v) is 2.09. The van der Waals surface area contributed by atoms with Gasteiger partial charge < -0.3 is 15.1 Å². The summed E-state index contributed by atoms with van der Waals surface area (Å²) in [6.45, 7) is 2.65. The summed E-state index contributed by atoms with van der Waals surface area (Å²) < 4.78 is 1.61. The van der Waals surface area contributed by atoms with Crippen LogP contribution in [0.3, 0.4) is 0 Å². The van der Waals surface area contributed by atoms with E-state index in [0.29, 0.717) is 18.9 Å². The second-order valence-electron chi connectivity index (χ2n) is 4.27. The van der Waals surface area contributed by atoms with Crippen molar-refractivity contribution in [1.82, 2.24) is 19.6 Å². The number of hydrogen-bond donors (Lipinski definition) is 2. The Balaban J connectivity index is 2.08. The van der Waals surface area contributed by atoms with Crippen LogP contribution in [0.2, 0.25) is 0 Å². The first-order valence-corrected chi connectivity index (χ1v) is 5.43. The van der Waals surface area contributed by atoms with Crippen LogP contribution in [0.5, 0.6) is 0 Å². The lowest BCUT2D eigenvalue weighted by molar-refractivity contribution is 0.0572. The van der Waals surface area contributed by atoms with Crippen LogP contribution < -0.4 is 4.90 Å². The summed E-state index contributed by atoms with van der Waals surface area (Å²) in [5, 5.41) is 23.2. The Kier molecular flexibility index (Phi) is 2.23. The summed E-state index contributed by atoms with van der Waals surface area (Å²) in [6, 6.07) is 1.87. The van der Waals surface area contributed by atoms with Crippen LogP contribution >= 0.6 is 0 Å². The van der Waals surface area contributed by atoms with Crippen molar-refractivity contribution in [2.75, 3.05) is 18.0 Å². The van der Waals surface area contributed by atoms with Crippen molar-refractivity contribution in [3.05, 3.63) is 18.1 Å². The molecule has 2 atom stereocenters. The van der Waals surface area contributed by atoms with E-state index in [9.17, 15) is 10.2 Å². The quantitative estimate of drug-likeness (QED) is 0.657. The first kappa shape index (κ1) is 10.4. The Bertz CT molecular complexity index is 545. The molecule has 0 aromatic carbocycles. The predicted octanol–water partition coefficient (Wildman–Crippen LogP) is -1.03. The van der Waals surface area contributed by atoms with E-state index in [4.69, 9.17) is 0 Å². The van der Waals surface area contributed by atoms with E-state index in [-0.39, 0.29) is 0 Å². The number of aromatic nitrogens is 4. The van der Waals surface area contributed by atoms with Crippen molar-refractivity contribution in [3.8, 4) is 0 Å². The van der Waals surface area contributed by atoms with E-state index in [0.717, 1.165) is 11.5 Å². The SMILES string of the molecule is Cc1cc(N2C[C@@H](O)[C@@H](O)C2)n2ncnc2n1. The molecule has 1 aliphatic heterocycles. The zero-order chi connectivity index (χ0) is 12.0. The Morgan fingerprint density at radius 2 is 2.00 bits per heavy atom. The first-order chi connectivity index (χ1) is 8.15. The van der Waals surface area contributed by atoms with Crippen molar-refractivity contribution < 1.29 is 10.2 Å². The van der Waals surface area contributed by atoms with E-state index >= 15 is 0 Å². The molecule has 0 unspecified atom stereocenters. The lowest BCUT2D eigenvalue weighted by Crippen LogP contribution is -2.24. The van der Waals surface area contributed by atoms with Crippen LogP contribution in [0, 0.1) is 6.92 Å². The number of nitrogens with zero attached hydrogens (tertiary/aromatic N) is 5. The van der Waals surface area contributed by atoms with Gasteiger partial charge in [0.2, 0.25) is 0 Å². The molecule has 7 nitrogen and oxygen atoms in total. The van der Waals surface area contributed by atoms with E-state index in [1.807, 2.05) is 17.9 Å². The second kappa shape index (κ2) is 3.64. The van der Waals surface area contributed by atoms with Gasteiger partial charge in [0.1, 0.15) is 12.1 Å². The van der Waals surface area contributed by atoms with Crippen molar-refractivity contribution in [2.45, 2.75) is 19.1 Å². The van der Waals surface area contributed by atoms with Gasteiger partial charge in [-0.25, -0.2) is 4.98 Å². The Hall–Kier alpha value is -1.73. The third-order valence-corrected chi connectivity index (χ3v) is 2.94. The van der Waals surface area contributed by atoms with Gasteiger partial charge in [-0.2, -0.15) is 14.6 Å². The van der Waals surface area contributed by atoms with E-state index < -0.39 is 12.2 Å². The molecule has 0 aliphatic carbocycles. The molecular weight excluding hydrogens is 222 g/mol. The van der Waals surface area contributed by atoms with Gasteiger partial charge in [0.15, 0.2) is 0 Å². The smallest absolute Gasteiger partial charge is 0.254 e. The van der Waals surface area contributed by atoms with Crippen LogP contribution in [-0.2, 0) is 0 Å². The minimum absolute atomic E-state index is 0.388. The highest BCUT2D eigenvalue weighted by molar-refractivity contribution is 5.48. The molecule has 0 radical (unpaired) electrons. The molecule has 7 heteroatoms. The highest BCUT2D eigenvalue weighted by atomic mass is 16.3. The number of rotatable bonds is 1. The molecule has 90 valence electrons. The van der Waals surface area contributed by atoms with Crippen molar-refractivity contribution in [2.24, 2.45) is 0 Å². The van der Waals surface area contributed by atoms with Crippen molar-refractivity contribution >= 4 is 11.6 Å². The van der Waals surface area contributed by atoms with Gasteiger partial charge in [-0.05, 0) is 6.92 Å². The maximum absolute atomic E-state index is 9.57. The molecule has 0 bridgehead atoms. The molecule has 17 heavy (non-hydrogen) atoms. The number of aryl methyl sites for hydroxylation is 1. The van der Waals surface area contributed by atoms with Gasteiger partial charge in [-0.3, -0.25) is 0 Å². The minimum Gasteiger partial charge on any atom is -0.389 e. The molecule has 0 saturated carbocycles. The van der Waals surface area contributed by atoms with E-state index in [1.54, 1.807) is 4.52 Å². The molecule has 2 aromatic heterocycles. The van der Waals surface area contributed by atoms with Gasteiger partial charge in [-0.15, -0.1) is 0 Å². The molecule has 1 aliphatic rings. The van der Waals surface area contributed by atoms with Gasteiger partial charge in [0.25, 0.3) is 5.78 Å². The van der Waals surface area contributed by atoms with Gasteiger partial charge in [0, 0.05) is 24.8 Å². The lowest BCUT2D eigenvalue weighted by Gasteiger charge is -2.18. The maximum Gasteiger partial charge on any atom is 0.254 e. The standard InChI is InChI=1S/C10H13N5O2/c1-6-2-9(14-3-7(16)8(17)4-14)15-10(13-6)11-5-12-15/h2,5,7-8,16-17H,3-4H2,1H3/t7-,8+. The van der Waals surface area contributed by atoms with Crippen molar-refractivity contribution in [1.29, 1.82) is 0 Å². The average Bonchev–Trinajstić information content (AvgIpc) is 2.85. The molecular formula is C10H13N5O2. The Morgan fingerprint density at radius 3 is 2.71 bits per heavy atom. The van der Waals surface area contributed by atoms with Crippen LogP contribution in [0.1, 0.15) is 5.69 Å². The number of anilines is 1. The van der Waals surface area contributed by atoms with Crippen LogP contribution in [0.25, 0.3) is 5.78 Å². The minimum atomic E-state index is -0.720. The molecule has 2 aromatic rings. The topological polar surface area (TPSA) is 86.8 Å². The monoisotopic (exact) mass is 235 g/mol. The number of hydrogen-bond acceptors (Lipinski definition) is 6. The zero-order valence-corrected chi connectivity index (χ0v) is 9.35. The zero-order valence-electron chi connectivity index (χ0n) is 9.35. The number of aliphatic hydroxyl groups excluding tert-OH is 2. The molecule has 0 spiro atoms. The number of β-amino-alcohol motifs (C(OH)–C–C–N with tert-alkyl or cyclic N) is 2. The molecule has 2 N–H and O–H groups in total. The highest BCUT2D eigenvalue weighted by Crippen LogP contribution is 2.21. The first-order valence-electron chi connectivity index (χ1n) is 5.43. The summed E-state index contributed by atoms with van der Waals surface area (Å²) in [4.78, 5) is 10.2. The average molecular weight is 235 g/mol. The summed E-state index contributed by atoms with van der Waals surface area (Å²) in [6.07, 6.45) is -0.00197. The third-order valence-electron chi connectivity index (χ3n) is 2.94. The molecule has 3 heterocycles. The molecule has 1 fully saturated rings. The number of aliphatic hydroxyl groups is 2. The molecule has 3 rings (SSSR count). The summed E-state index contributed by atoms with van der Waals surface area (Å²) in [7, 11) is 0. The largest absolute Gasteiger partial charge is 0.389 e. The Labute approximate surface area is 97.3 Å². The van der Waals surface area contributed by atoms with Gasteiger partial charge in [0.05, 0.1) is 12.2 Å². The van der Waals surface area contributed by atoms with E-state index in [2.05, 4.69) is 15.1 Å². The fourth-order valence-electron chi connectivity index (χ4n) is 2.09. The third kappa shape index (κ3) is 1.63. The van der Waals surface area contributed by atoms with Crippen LogP contribution in [-0.4, -0.2) is 55.1 Å². The van der Waals surface area contributed by atoms with Crippen molar-refractivity contribution in [3.63, 3.8) is 0 Å². The molecule has 1 saturated heterocycles. The highest BCUT2D eigenvalue weighted by Gasteiger charge is 2.31. The van der Waals surface area contributed by atoms with Crippen LogP contribution in [0.4, 0.5) is 5.82 Å². The maximum atomic E-state index is 9.57. The van der Waals surface area contributed by atoms with E-state index in [1.165, 1.54) is 6.33 Å². The van der Waals surface area contributed by atoms with Crippen LogP contribution in [0.15, 0.2) is 12.4 Å². The number of fused-ring (bicyclic) bond motifs is 1. The van der Waals surface area contributed by atoms with Gasteiger partial charge in [-0.1, -0.05) is 0 Å². The summed E-state index contributed by atoms with van der Waals surface area (Å²) in [5.41, 5.74) is 0.830. The lowest BCUT2D eigenvalue weighted by atomic mass is 10.3. The Morgan fingerprint density at radius 1 is 1.29 bits per heavy atom. The summed E-state index contributed by atoms with van der Waals surface area (Å²) in [5.74, 6) is 1.32. The summed E-state index contributed by atoms with van der Waals surface area (Å²) >= 11 is 0. The predicted molar refractivity (Wildman–Crippen MR) is 59.7 cm³/mol. The second-order valence-corrected chi connectivity index (χ2v) is 4.27.